The van der Waals surface area contributed by atoms with Gasteiger partial charge in [-0.05, 0) is 29.8 Å². The molecule has 0 spiro atoms. The fraction of sp³-hybridized carbons (Fsp3) is 0.444. The average Bonchev–Trinajstić information content (AvgIpc) is 2.43. The van der Waals surface area contributed by atoms with Gasteiger partial charge in [0.2, 0.25) is 5.95 Å². The smallest absolute Gasteiger partial charge is 0.324 e. The number of carbonyl (C=O) groups is 1. The fourth-order valence-corrected chi connectivity index (χ4v) is 1.71. The Morgan fingerprint density at radius 2 is 2.07 bits per heavy atom. The Balaban J connectivity index is 2.37. The standard InChI is InChI=1S/C9H11BrN4O/c1-9(2)5-13-8(15)14(9)7-11-3-6(10)4-12-7/h3-4H,5H2,1-2H3,(H,13,15). The highest BCUT2D eigenvalue weighted by atomic mass is 79.9. The van der Waals surface area contributed by atoms with Crippen LogP contribution in [0.1, 0.15) is 13.8 Å². The number of halogens is 1. The third-order valence-electron chi connectivity index (χ3n) is 2.29. The maximum absolute atomic E-state index is 11.6. The number of aromatic nitrogens is 2. The highest BCUT2D eigenvalue weighted by Gasteiger charge is 2.40. The lowest BCUT2D eigenvalue weighted by atomic mass is 10.1. The van der Waals surface area contributed by atoms with Crippen molar-refractivity contribution in [3.63, 3.8) is 0 Å². The van der Waals surface area contributed by atoms with Crippen LogP contribution >= 0.6 is 15.9 Å². The number of rotatable bonds is 1. The normalized spacial score (nSPS) is 19.1. The zero-order valence-corrected chi connectivity index (χ0v) is 10.1. The van der Waals surface area contributed by atoms with E-state index in [0.717, 1.165) is 4.47 Å². The van der Waals surface area contributed by atoms with E-state index in [9.17, 15) is 4.79 Å². The van der Waals surface area contributed by atoms with Gasteiger partial charge in [0.05, 0.1) is 10.0 Å². The molecule has 2 amide bonds. The van der Waals surface area contributed by atoms with Gasteiger partial charge < -0.3 is 5.32 Å². The minimum Gasteiger partial charge on any atom is -0.335 e. The predicted octanol–water partition coefficient (Wildman–Crippen LogP) is 1.55. The summed E-state index contributed by atoms with van der Waals surface area (Å²) in [5.74, 6) is 0.429. The summed E-state index contributed by atoms with van der Waals surface area (Å²) in [5, 5.41) is 2.77. The molecule has 1 aliphatic rings. The molecule has 15 heavy (non-hydrogen) atoms. The first-order valence-corrected chi connectivity index (χ1v) is 5.35. The summed E-state index contributed by atoms with van der Waals surface area (Å²) in [6.07, 6.45) is 3.26. The Labute approximate surface area is 96.0 Å². The fourth-order valence-electron chi connectivity index (χ4n) is 1.51. The molecule has 80 valence electrons. The third kappa shape index (κ3) is 1.81. The Kier molecular flexibility index (Phi) is 2.38. The maximum Gasteiger partial charge on any atom is 0.324 e. The Morgan fingerprint density at radius 3 is 2.53 bits per heavy atom. The van der Waals surface area contributed by atoms with Crippen molar-refractivity contribution in [3.8, 4) is 0 Å². The van der Waals surface area contributed by atoms with Crippen molar-refractivity contribution in [3.05, 3.63) is 16.9 Å². The van der Waals surface area contributed by atoms with Gasteiger partial charge in [-0.25, -0.2) is 14.8 Å². The van der Waals surface area contributed by atoms with Gasteiger partial charge in [-0.1, -0.05) is 0 Å². The number of nitrogens with one attached hydrogen (secondary N) is 1. The molecule has 0 unspecified atom stereocenters. The minimum absolute atomic E-state index is 0.151. The Morgan fingerprint density at radius 1 is 1.47 bits per heavy atom. The Hall–Kier alpha value is -1.17. The maximum atomic E-state index is 11.6. The van der Waals surface area contributed by atoms with Gasteiger partial charge in [-0.15, -0.1) is 0 Å². The molecule has 0 atom stereocenters. The van der Waals surface area contributed by atoms with Gasteiger partial charge in [-0.3, -0.25) is 4.90 Å². The molecule has 1 aliphatic heterocycles. The van der Waals surface area contributed by atoms with Crippen molar-refractivity contribution in [2.24, 2.45) is 0 Å². The van der Waals surface area contributed by atoms with Crippen LogP contribution in [0.25, 0.3) is 0 Å². The van der Waals surface area contributed by atoms with E-state index in [2.05, 4.69) is 31.2 Å². The Bertz CT molecular complexity index is 390. The molecule has 5 nitrogen and oxygen atoms in total. The zero-order valence-electron chi connectivity index (χ0n) is 8.49. The van der Waals surface area contributed by atoms with Crippen molar-refractivity contribution in [1.82, 2.24) is 15.3 Å². The van der Waals surface area contributed by atoms with Gasteiger partial charge in [0, 0.05) is 18.9 Å². The molecule has 2 heterocycles. The zero-order chi connectivity index (χ0) is 11.1. The summed E-state index contributed by atoms with van der Waals surface area (Å²) >= 11 is 3.25. The molecular weight excluding hydrogens is 260 g/mol. The van der Waals surface area contributed by atoms with Gasteiger partial charge in [0.25, 0.3) is 0 Å². The highest BCUT2D eigenvalue weighted by Crippen LogP contribution is 2.24. The van der Waals surface area contributed by atoms with Crippen LogP contribution in [-0.2, 0) is 0 Å². The highest BCUT2D eigenvalue weighted by molar-refractivity contribution is 9.10. The van der Waals surface area contributed by atoms with E-state index in [4.69, 9.17) is 0 Å². The van der Waals surface area contributed by atoms with E-state index in [-0.39, 0.29) is 11.6 Å². The molecule has 0 aliphatic carbocycles. The molecule has 1 aromatic rings. The monoisotopic (exact) mass is 270 g/mol. The second kappa shape index (κ2) is 3.44. The molecular formula is C9H11BrN4O. The van der Waals surface area contributed by atoms with Gasteiger partial charge in [0.1, 0.15) is 0 Å². The van der Waals surface area contributed by atoms with Crippen molar-refractivity contribution < 1.29 is 4.79 Å². The van der Waals surface area contributed by atoms with Gasteiger partial charge >= 0.3 is 6.03 Å². The predicted molar refractivity (Wildman–Crippen MR) is 59.7 cm³/mol. The average molecular weight is 271 g/mol. The lowest BCUT2D eigenvalue weighted by Crippen LogP contribution is -2.43. The molecule has 6 heteroatoms. The summed E-state index contributed by atoms with van der Waals surface area (Å²) in [5.41, 5.74) is -0.287. The summed E-state index contributed by atoms with van der Waals surface area (Å²) in [6.45, 7) is 4.54. The van der Waals surface area contributed by atoms with E-state index >= 15 is 0 Å². The van der Waals surface area contributed by atoms with Crippen LogP contribution in [-0.4, -0.2) is 28.1 Å². The largest absolute Gasteiger partial charge is 0.335 e. The first kappa shape index (κ1) is 10.4. The number of hydrogen-bond acceptors (Lipinski definition) is 3. The first-order chi connectivity index (χ1) is 7.00. The molecule has 0 aromatic carbocycles. The van der Waals surface area contributed by atoms with Crippen molar-refractivity contribution >= 4 is 27.9 Å². The number of amides is 2. The molecule has 1 N–H and O–H groups in total. The van der Waals surface area contributed by atoms with Crippen LogP contribution in [0.3, 0.4) is 0 Å². The van der Waals surface area contributed by atoms with Crippen molar-refractivity contribution in [1.29, 1.82) is 0 Å². The number of urea groups is 1. The van der Waals surface area contributed by atoms with Gasteiger partial charge in [-0.2, -0.15) is 0 Å². The van der Waals surface area contributed by atoms with Crippen LogP contribution in [0.15, 0.2) is 16.9 Å². The second-order valence-corrected chi connectivity index (χ2v) is 4.92. The van der Waals surface area contributed by atoms with Crippen LogP contribution in [0, 0.1) is 0 Å². The molecule has 0 bridgehead atoms. The van der Waals surface area contributed by atoms with Crippen molar-refractivity contribution in [2.75, 3.05) is 11.4 Å². The van der Waals surface area contributed by atoms with E-state index in [0.29, 0.717) is 12.5 Å². The quantitative estimate of drug-likeness (QED) is 0.843. The minimum atomic E-state index is -0.287. The van der Waals surface area contributed by atoms with E-state index in [1.807, 2.05) is 13.8 Å². The number of hydrogen-bond donors (Lipinski definition) is 1. The third-order valence-corrected chi connectivity index (χ3v) is 2.70. The topological polar surface area (TPSA) is 58.1 Å². The number of carbonyl (C=O) groups excluding carboxylic acids is 1. The first-order valence-electron chi connectivity index (χ1n) is 4.56. The summed E-state index contributed by atoms with van der Waals surface area (Å²) in [4.78, 5) is 21.4. The van der Waals surface area contributed by atoms with Crippen LogP contribution in [0.5, 0.6) is 0 Å². The van der Waals surface area contributed by atoms with E-state index < -0.39 is 0 Å². The molecule has 0 saturated carbocycles. The second-order valence-electron chi connectivity index (χ2n) is 4.01. The lowest BCUT2D eigenvalue weighted by Gasteiger charge is -2.27. The van der Waals surface area contributed by atoms with E-state index in [1.54, 1.807) is 17.3 Å². The molecule has 1 fully saturated rings. The number of anilines is 1. The number of nitrogens with zero attached hydrogens (tertiary/aromatic N) is 3. The lowest BCUT2D eigenvalue weighted by molar-refractivity contribution is 0.251. The van der Waals surface area contributed by atoms with Crippen molar-refractivity contribution in [2.45, 2.75) is 19.4 Å². The van der Waals surface area contributed by atoms with Crippen LogP contribution in [0.4, 0.5) is 10.7 Å². The molecule has 0 radical (unpaired) electrons. The molecule has 1 saturated heterocycles. The summed E-state index contributed by atoms with van der Waals surface area (Å²) in [6, 6.07) is -0.151. The summed E-state index contributed by atoms with van der Waals surface area (Å²) in [7, 11) is 0. The van der Waals surface area contributed by atoms with Gasteiger partial charge in [0.15, 0.2) is 0 Å². The summed E-state index contributed by atoms with van der Waals surface area (Å²) < 4.78 is 0.795. The molecule has 1 aromatic heterocycles. The van der Waals surface area contributed by atoms with Crippen LogP contribution in [0.2, 0.25) is 0 Å². The van der Waals surface area contributed by atoms with Crippen LogP contribution < -0.4 is 10.2 Å². The van der Waals surface area contributed by atoms with E-state index in [1.165, 1.54) is 0 Å². The SMILES string of the molecule is CC1(C)CNC(=O)N1c1ncc(Br)cn1. The molecule has 2 rings (SSSR count).